The second-order valence-electron chi connectivity index (χ2n) is 3.79. The average molecular weight is 278 g/mol. The van der Waals surface area contributed by atoms with E-state index in [4.69, 9.17) is 5.11 Å². The van der Waals surface area contributed by atoms with Crippen LogP contribution in [0.4, 0.5) is 11.4 Å². The molecule has 0 aliphatic carbocycles. The van der Waals surface area contributed by atoms with Gasteiger partial charge in [0.15, 0.2) is 5.82 Å². The first kappa shape index (κ1) is 13.5. The molecule has 9 heteroatoms. The molecule has 0 spiro atoms. The van der Waals surface area contributed by atoms with Crippen LogP contribution in [0.15, 0.2) is 29.1 Å². The van der Waals surface area contributed by atoms with E-state index in [0.717, 1.165) is 0 Å². The Balaban J connectivity index is 2.16. The van der Waals surface area contributed by atoms with Crippen molar-refractivity contribution in [1.29, 1.82) is 0 Å². The van der Waals surface area contributed by atoms with E-state index in [2.05, 4.69) is 20.0 Å². The molecule has 9 nitrogen and oxygen atoms in total. The Morgan fingerprint density at radius 2 is 2.30 bits per heavy atom. The summed E-state index contributed by atoms with van der Waals surface area (Å²) in [6.07, 6.45) is 1.58. The monoisotopic (exact) mass is 278 g/mol. The molecule has 1 aromatic carbocycles. The normalized spacial score (nSPS) is 10.2. The maximum absolute atomic E-state index is 11.0. The molecule has 0 aliphatic heterocycles. The molecule has 1 heterocycles. The highest BCUT2D eigenvalue weighted by atomic mass is 16.6. The molecule has 20 heavy (non-hydrogen) atoms. The van der Waals surface area contributed by atoms with Crippen molar-refractivity contribution in [2.45, 2.75) is 6.42 Å². The second-order valence-corrected chi connectivity index (χ2v) is 3.79. The Kier molecular flexibility index (Phi) is 3.89. The summed E-state index contributed by atoms with van der Waals surface area (Å²) in [5.41, 5.74) is -0.689. The Labute approximate surface area is 112 Å². The lowest BCUT2D eigenvalue weighted by Crippen LogP contribution is -2.10. The highest BCUT2D eigenvalue weighted by molar-refractivity contribution is 5.95. The fourth-order valence-electron chi connectivity index (χ4n) is 1.67. The van der Waals surface area contributed by atoms with Gasteiger partial charge in [-0.2, -0.15) is 4.98 Å². The van der Waals surface area contributed by atoms with Gasteiger partial charge in [0.25, 0.3) is 0 Å². The van der Waals surface area contributed by atoms with Gasteiger partial charge in [0.1, 0.15) is 11.3 Å². The zero-order valence-corrected chi connectivity index (χ0v) is 10.1. The van der Waals surface area contributed by atoms with Crippen molar-refractivity contribution in [1.82, 2.24) is 10.1 Å². The van der Waals surface area contributed by atoms with Crippen LogP contribution in [0, 0.1) is 10.1 Å². The molecule has 0 fully saturated rings. The molecule has 0 amide bonds. The predicted molar refractivity (Wildman–Crippen MR) is 66.5 cm³/mol. The molecule has 0 saturated heterocycles. The fraction of sp³-hybridized carbons (Fsp3) is 0.182. The van der Waals surface area contributed by atoms with E-state index in [1.54, 1.807) is 0 Å². The molecule has 1 aromatic heterocycles. The smallest absolute Gasteiger partial charge is 0.342 e. The number of carboxylic acids is 1. The van der Waals surface area contributed by atoms with Gasteiger partial charge in [-0.1, -0.05) is 11.2 Å². The summed E-state index contributed by atoms with van der Waals surface area (Å²) < 4.78 is 4.55. The number of benzene rings is 1. The molecule has 2 N–H and O–H groups in total. The zero-order valence-electron chi connectivity index (χ0n) is 10.1. The van der Waals surface area contributed by atoms with Gasteiger partial charge in [0, 0.05) is 13.0 Å². The van der Waals surface area contributed by atoms with Crippen molar-refractivity contribution in [3.63, 3.8) is 0 Å². The quantitative estimate of drug-likeness (QED) is 0.597. The van der Waals surface area contributed by atoms with Crippen LogP contribution in [0.3, 0.4) is 0 Å². The molecular weight excluding hydrogens is 268 g/mol. The summed E-state index contributed by atoms with van der Waals surface area (Å²) >= 11 is 0. The van der Waals surface area contributed by atoms with E-state index in [9.17, 15) is 14.9 Å². The molecule has 0 radical (unpaired) electrons. The van der Waals surface area contributed by atoms with Crippen LogP contribution in [-0.2, 0) is 6.42 Å². The van der Waals surface area contributed by atoms with Gasteiger partial charge in [-0.15, -0.1) is 0 Å². The third kappa shape index (κ3) is 2.88. The van der Waals surface area contributed by atoms with Gasteiger partial charge >= 0.3 is 11.7 Å². The topological polar surface area (TPSA) is 131 Å². The molecule has 0 aliphatic rings. The number of hydrogen-bond acceptors (Lipinski definition) is 7. The van der Waals surface area contributed by atoms with Gasteiger partial charge in [0.2, 0.25) is 6.39 Å². The van der Waals surface area contributed by atoms with Gasteiger partial charge in [-0.3, -0.25) is 10.1 Å². The first-order valence-electron chi connectivity index (χ1n) is 5.59. The summed E-state index contributed by atoms with van der Waals surface area (Å²) in [5, 5.41) is 26.3. The number of anilines is 1. The van der Waals surface area contributed by atoms with Crippen LogP contribution in [-0.4, -0.2) is 32.7 Å². The molecular formula is C11H10N4O5. The van der Waals surface area contributed by atoms with Crippen molar-refractivity contribution < 1.29 is 19.3 Å². The molecule has 2 aromatic rings. The largest absolute Gasteiger partial charge is 0.477 e. The summed E-state index contributed by atoms with van der Waals surface area (Å²) in [7, 11) is 0. The predicted octanol–water partition coefficient (Wildman–Crippen LogP) is 1.33. The standard InChI is InChI=1S/C11H10N4O5/c16-11(17)7-2-1-3-8(10(7)15(18)19)12-5-4-9-13-6-20-14-9/h1-3,6,12H,4-5H2,(H,16,17). The maximum atomic E-state index is 11.0. The number of para-hydroxylation sites is 1. The molecule has 0 bridgehead atoms. The first-order chi connectivity index (χ1) is 9.59. The number of aromatic carboxylic acids is 1. The number of nitrogens with zero attached hydrogens (tertiary/aromatic N) is 3. The Hall–Kier alpha value is -2.97. The molecule has 0 unspecified atom stereocenters. The van der Waals surface area contributed by atoms with Crippen LogP contribution in [0.5, 0.6) is 0 Å². The van der Waals surface area contributed by atoms with E-state index >= 15 is 0 Å². The van der Waals surface area contributed by atoms with E-state index in [0.29, 0.717) is 18.8 Å². The number of carbonyl (C=O) groups is 1. The molecule has 0 atom stereocenters. The first-order valence-corrected chi connectivity index (χ1v) is 5.59. The lowest BCUT2D eigenvalue weighted by Gasteiger charge is -2.07. The van der Waals surface area contributed by atoms with E-state index in [-0.39, 0.29) is 11.3 Å². The van der Waals surface area contributed by atoms with Crippen LogP contribution in [0.2, 0.25) is 0 Å². The summed E-state index contributed by atoms with van der Waals surface area (Å²) in [6, 6.07) is 4.07. The SMILES string of the molecule is O=C(O)c1cccc(NCCc2ncon2)c1[N+](=O)[O-]. The fourth-order valence-corrected chi connectivity index (χ4v) is 1.67. The lowest BCUT2D eigenvalue weighted by atomic mass is 10.1. The Morgan fingerprint density at radius 1 is 1.50 bits per heavy atom. The van der Waals surface area contributed by atoms with Gasteiger partial charge in [0.05, 0.1) is 4.92 Å². The number of aromatic nitrogens is 2. The zero-order chi connectivity index (χ0) is 14.5. The van der Waals surface area contributed by atoms with E-state index in [1.807, 2.05) is 0 Å². The number of nitro benzene ring substituents is 1. The average Bonchev–Trinajstić information content (AvgIpc) is 2.91. The minimum absolute atomic E-state index is 0.137. The van der Waals surface area contributed by atoms with Crippen LogP contribution in [0.1, 0.15) is 16.2 Å². The molecule has 0 saturated carbocycles. The number of carboxylic acid groups (broad SMARTS) is 1. The lowest BCUT2D eigenvalue weighted by molar-refractivity contribution is -0.384. The van der Waals surface area contributed by atoms with Gasteiger partial charge < -0.3 is 14.9 Å². The maximum Gasteiger partial charge on any atom is 0.342 e. The van der Waals surface area contributed by atoms with Gasteiger partial charge in [-0.25, -0.2) is 4.79 Å². The van der Waals surface area contributed by atoms with E-state index < -0.39 is 16.6 Å². The second kappa shape index (κ2) is 5.78. The number of rotatable bonds is 6. The summed E-state index contributed by atoms with van der Waals surface area (Å²) in [5.74, 6) is -0.895. The number of hydrogen-bond donors (Lipinski definition) is 2. The highest BCUT2D eigenvalue weighted by Gasteiger charge is 2.23. The Bertz CT molecular complexity index is 626. The third-order valence-electron chi connectivity index (χ3n) is 2.52. The third-order valence-corrected chi connectivity index (χ3v) is 2.52. The summed E-state index contributed by atoms with van der Waals surface area (Å²) in [4.78, 5) is 25.1. The van der Waals surface area contributed by atoms with Crippen molar-refractivity contribution >= 4 is 17.3 Å². The van der Waals surface area contributed by atoms with Crippen molar-refractivity contribution in [2.24, 2.45) is 0 Å². The van der Waals surface area contributed by atoms with Crippen molar-refractivity contribution in [3.8, 4) is 0 Å². The molecule has 2 rings (SSSR count). The molecule has 104 valence electrons. The van der Waals surface area contributed by atoms with Crippen LogP contribution >= 0.6 is 0 Å². The minimum Gasteiger partial charge on any atom is -0.477 e. The van der Waals surface area contributed by atoms with Crippen molar-refractivity contribution in [3.05, 3.63) is 46.1 Å². The van der Waals surface area contributed by atoms with Crippen LogP contribution < -0.4 is 5.32 Å². The van der Waals surface area contributed by atoms with Crippen LogP contribution in [0.25, 0.3) is 0 Å². The number of nitrogens with one attached hydrogen (secondary N) is 1. The van der Waals surface area contributed by atoms with E-state index in [1.165, 1.54) is 24.6 Å². The highest BCUT2D eigenvalue weighted by Crippen LogP contribution is 2.28. The Morgan fingerprint density at radius 3 is 2.90 bits per heavy atom. The minimum atomic E-state index is -1.35. The van der Waals surface area contributed by atoms with Gasteiger partial charge in [-0.05, 0) is 12.1 Å². The summed E-state index contributed by atoms with van der Waals surface area (Å²) in [6.45, 7) is 0.309. The number of nitro groups is 1. The van der Waals surface area contributed by atoms with Crippen molar-refractivity contribution in [2.75, 3.05) is 11.9 Å².